The van der Waals surface area contributed by atoms with Crippen LogP contribution in [0.3, 0.4) is 0 Å². The van der Waals surface area contributed by atoms with Crippen molar-refractivity contribution in [2.75, 3.05) is 0 Å². The van der Waals surface area contributed by atoms with E-state index >= 15 is 0 Å². The molecule has 0 saturated carbocycles. The number of hydrogen-bond donors (Lipinski definition) is 0. The zero-order valence-electron chi connectivity index (χ0n) is 11.7. The molecular weight excluding hydrogens is 470 g/mol. The monoisotopic (exact) mass is 488 g/mol. The summed E-state index contributed by atoms with van der Waals surface area (Å²) in [6.45, 7) is 5.08. The van der Waals surface area contributed by atoms with Gasteiger partial charge in [-0.15, -0.1) is 0 Å². The molecule has 1 unspecified atom stereocenters. The SMILES string of the molecule is C[Si](C)=[Hf+2]([C]1=CC=CC1)[CH]1C=Cc2ccccc21.[Cl-].[Cl-]. The Labute approximate surface area is 142 Å². The summed E-state index contributed by atoms with van der Waals surface area (Å²) in [4.78, 5) is 0. The summed E-state index contributed by atoms with van der Waals surface area (Å²) in [5, 5.41) is 0. The van der Waals surface area contributed by atoms with E-state index in [9.17, 15) is 0 Å². The van der Waals surface area contributed by atoms with Crippen molar-refractivity contribution in [3.05, 3.63) is 63.0 Å². The van der Waals surface area contributed by atoms with Crippen molar-refractivity contribution < 1.29 is 44.9 Å². The maximum Gasteiger partial charge on any atom is -1.00 e. The van der Waals surface area contributed by atoms with Crippen molar-refractivity contribution in [2.24, 2.45) is 0 Å². The van der Waals surface area contributed by atoms with Crippen LogP contribution >= 0.6 is 0 Å². The van der Waals surface area contributed by atoms with Gasteiger partial charge in [0.25, 0.3) is 0 Å². The average Bonchev–Trinajstić information content (AvgIpc) is 3.00. The smallest absolute Gasteiger partial charge is 1.00 e. The van der Waals surface area contributed by atoms with Gasteiger partial charge in [0, 0.05) is 0 Å². The fourth-order valence-corrected chi connectivity index (χ4v) is 28.2. The molecule has 2 aliphatic carbocycles. The molecule has 0 fully saturated rings. The number of halogens is 2. The first kappa shape index (κ1) is 18.2. The average molecular weight is 488 g/mol. The van der Waals surface area contributed by atoms with Gasteiger partial charge in [-0.05, 0) is 0 Å². The van der Waals surface area contributed by atoms with Gasteiger partial charge in [0.1, 0.15) is 0 Å². The summed E-state index contributed by atoms with van der Waals surface area (Å²) in [5.41, 5.74) is 2.97. The van der Waals surface area contributed by atoms with Crippen molar-refractivity contribution in [3.8, 4) is 0 Å². The number of fused-ring (bicyclic) bond motifs is 1. The predicted octanol–water partition coefficient (Wildman–Crippen LogP) is -1.52. The minimum Gasteiger partial charge on any atom is -1.00 e. The van der Waals surface area contributed by atoms with Gasteiger partial charge in [-0.2, -0.15) is 0 Å². The van der Waals surface area contributed by atoms with Crippen molar-refractivity contribution in [1.29, 1.82) is 0 Å². The second kappa shape index (κ2) is 7.93. The van der Waals surface area contributed by atoms with Gasteiger partial charge < -0.3 is 24.8 Å². The largest absolute Gasteiger partial charge is 1.00 e. The molecule has 0 amide bonds. The quantitative estimate of drug-likeness (QED) is 0.445. The maximum atomic E-state index is 2.54. The van der Waals surface area contributed by atoms with Crippen LogP contribution in [0.25, 0.3) is 6.08 Å². The van der Waals surface area contributed by atoms with Gasteiger partial charge in [0.05, 0.1) is 0 Å². The van der Waals surface area contributed by atoms with Crippen molar-refractivity contribution in [1.82, 2.24) is 0 Å². The second-order valence-electron chi connectivity index (χ2n) is 5.20. The predicted molar refractivity (Wildman–Crippen MR) is 77.5 cm³/mol. The van der Waals surface area contributed by atoms with E-state index in [0.717, 1.165) is 3.67 Å². The Morgan fingerprint density at radius 3 is 2.55 bits per heavy atom. The molecule has 104 valence electrons. The summed E-state index contributed by atoms with van der Waals surface area (Å²) >= 11 is -1.68. The number of hydrogen-bond acceptors (Lipinski definition) is 0. The van der Waals surface area contributed by atoms with Gasteiger partial charge in [-0.3, -0.25) is 0 Å². The van der Waals surface area contributed by atoms with Crippen molar-refractivity contribution in [2.45, 2.75) is 23.2 Å². The van der Waals surface area contributed by atoms with E-state index in [1.165, 1.54) is 12.0 Å². The van der Waals surface area contributed by atoms with E-state index < -0.39 is 20.1 Å². The molecular formula is C16H18Cl2HfSi. The molecule has 2 aliphatic rings. The third-order valence-electron chi connectivity index (χ3n) is 3.77. The molecule has 1 aromatic rings. The number of rotatable bonds is 2. The molecule has 0 aliphatic heterocycles. The molecule has 0 spiro atoms. The minimum atomic E-state index is -1.68. The van der Waals surface area contributed by atoms with Crippen molar-refractivity contribution >= 4 is 11.6 Å². The van der Waals surface area contributed by atoms with E-state index in [0.29, 0.717) is 0 Å². The van der Waals surface area contributed by atoms with Gasteiger partial charge in [-0.1, -0.05) is 0 Å². The van der Waals surface area contributed by atoms with E-state index in [2.05, 4.69) is 67.7 Å². The topological polar surface area (TPSA) is 0 Å². The zero-order chi connectivity index (χ0) is 12.5. The molecule has 1 atom stereocenters. The van der Waals surface area contributed by atoms with Gasteiger partial charge in [0.2, 0.25) is 0 Å². The Morgan fingerprint density at radius 2 is 1.90 bits per heavy atom. The van der Waals surface area contributed by atoms with Crippen LogP contribution in [0.1, 0.15) is 21.2 Å². The first-order valence-electron chi connectivity index (χ1n) is 6.58. The molecule has 0 saturated heterocycles. The Hall–Kier alpha value is 0.107. The third-order valence-corrected chi connectivity index (χ3v) is 29.5. The van der Waals surface area contributed by atoms with Crippen molar-refractivity contribution in [3.63, 3.8) is 0 Å². The van der Waals surface area contributed by atoms with Crippen LogP contribution in [0, 0.1) is 0 Å². The van der Waals surface area contributed by atoms with E-state index in [1.54, 1.807) is 5.56 Å². The molecule has 0 N–H and O–H groups in total. The van der Waals surface area contributed by atoms with E-state index in [1.807, 2.05) is 3.33 Å². The van der Waals surface area contributed by atoms with Gasteiger partial charge >= 0.3 is 118 Å². The summed E-state index contributed by atoms with van der Waals surface area (Å²) in [6.07, 6.45) is 13.2. The molecule has 0 aromatic heterocycles. The Morgan fingerprint density at radius 1 is 1.15 bits per heavy atom. The van der Waals surface area contributed by atoms with Crippen LogP contribution in [-0.2, 0) is 20.1 Å². The molecule has 0 bridgehead atoms. The van der Waals surface area contributed by atoms with Crippen LogP contribution in [0.2, 0.25) is 13.1 Å². The molecule has 0 radical (unpaired) electrons. The third kappa shape index (κ3) is 3.46. The van der Waals surface area contributed by atoms with Crippen LogP contribution in [0.4, 0.5) is 0 Å². The first-order valence-corrected chi connectivity index (χ1v) is 18.3. The van der Waals surface area contributed by atoms with E-state index in [4.69, 9.17) is 0 Å². The standard InChI is InChI=1S/C9H7.C5H5.C2H6Si.2ClH.Hf/c1-2-5-9-7-3-6-8(9)4-1;1-2-4-5-3-1;1-3-2;;;/h1-7H;1-3H,4H2;1-2H3;2*1H;/q;;;;;+2/p-2. The first-order chi connectivity index (χ1) is 8.77. The Bertz CT molecular complexity index is 611. The summed E-state index contributed by atoms with van der Waals surface area (Å²) < 4.78 is 2.67. The van der Waals surface area contributed by atoms with Gasteiger partial charge in [-0.25, -0.2) is 0 Å². The fourth-order valence-electron chi connectivity index (χ4n) is 2.98. The molecule has 4 heteroatoms. The van der Waals surface area contributed by atoms with Crippen LogP contribution in [0.15, 0.2) is 51.9 Å². The summed E-state index contributed by atoms with van der Waals surface area (Å²) in [6, 6.07) is 9.00. The molecule has 0 heterocycles. The van der Waals surface area contributed by atoms with E-state index in [-0.39, 0.29) is 30.3 Å². The van der Waals surface area contributed by atoms with Crippen LogP contribution in [0.5, 0.6) is 0 Å². The van der Waals surface area contributed by atoms with Crippen LogP contribution < -0.4 is 24.8 Å². The maximum absolute atomic E-state index is 2.54. The normalized spacial score (nSPS) is 17.4. The second-order valence-corrected chi connectivity index (χ2v) is 29.9. The molecule has 3 rings (SSSR count). The van der Waals surface area contributed by atoms with Gasteiger partial charge in [0.15, 0.2) is 0 Å². The summed E-state index contributed by atoms with van der Waals surface area (Å²) in [7, 11) is 0. The zero-order valence-corrected chi connectivity index (χ0v) is 17.8. The minimum absolute atomic E-state index is 0. The Balaban J connectivity index is 0.000001000. The fraction of sp³-hybridized carbons (Fsp3) is 0.250. The Kier molecular flexibility index (Phi) is 7.20. The molecule has 0 nitrogen and oxygen atoms in total. The number of benzene rings is 1. The molecule has 1 aromatic carbocycles. The number of allylic oxidation sites excluding steroid dienone is 5. The summed E-state index contributed by atoms with van der Waals surface area (Å²) in [5.74, 6) is 0. The van der Waals surface area contributed by atoms with Crippen LogP contribution in [-0.4, -0.2) is 5.49 Å². The molecule has 20 heavy (non-hydrogen) atoms.